The molecule has 3 rings (SSSR count). The Morgan fingerprint density at radius 1 is 1.30 bits per heavy atom. The van der Waals surface area contributed by atoms with Gasteiger partial charge in [0.1, 0.15) is 23.3 Å². The molecule has 2 aromatic rings. The van der Waals surface area contributed by atoms with Crippen molar-refractivity contribution in [3.8, 4) is 0 Å². The number of carbonyl (C=O) groups is 1. The summed E-state index contributed by atoms with van der Waals surface area (Å²) < 4.78 is 1.81. The predicted molar refractivity (Wildman–Crippen MR) is 100 cm³/mol. The molecule has 3 heterocycles. The molecular weight excluding hydrogens is 346 g/mol. The van der Waals surface area contributed by atoms with Crippen LogP contribution >= 0.6 is 0 Å². The Hall–Kier alpha value is -2.48. The number of aliphatic hydroxyl groups is 1. The quantitative estimate of drug-likeness (QED) is 0.846. The average Bonchev–Trinajstić information content (AvgIpc) is 3.06. The summed E-state index contributed by atoms with van der Waals surface area (Å²) in [5.74, 6) is 0.920. The number of carbonyl (C=O) groups excluding carboxylic acids is 1. The molecule has 8 heteroatoms. The van der Waals surface area contributed by atoms with Crippen LogP contribution in [0.1, 0.15) is 61.7 Å². The number of aromatic amines is 1. The number of hydrogen-bond acceptors (Lipinski definition) is 5. The van der Waals surface area contributed by atoms with E-state index in [2.05, 4.69) is 15.0 Å². The Morgan fingerprint density at radius 2 is 1.96 bits per heavy atom. The molecule has 0 radical (unpaired) electrons. The first kappa shape index (κ1) is 19.3. The molecule has 0 spiro atoms. The number of imidazole rings is 1. The maximum atomic E-state index is 12.7. The number of hydrogen-bond donors (Lipinski definition) is 2. The lowest BCUT2D eigenvalue weighted by Crippen LogP contribution is -2.42. The van der Waals surface area contributed by atoms with E-state index in [9.17, 15) is 14.7 Å². The minimum atomic E-state index is -0.654. The van der Waals surface area contributed by atoms with Crippen molar-refractivity contribution in [2.24, 2.45) is 13.0 Å². The maximum absolute atomic E-state index is 12.7. The Bertz CT molecular complexity index is 872. The second-order valence-corrected chi connectivity index (χ2v) is 8.20. The van der Waals surface area contributed by atoms with Crippen LogP contribution in [0.5, 0.6) is 0 Å². The van der Waals surface area contributed by atoms with E-state index in [1.165, 1.54) is 6.20 Å². The normalized spacial score (nSPS) is 17.1. The number of H-pyrrole nitrogens is 1. The van der Waals surface area contributed by atoms with Gasteiger partial charge < -0.3 is 19.6 Å². The molecule has 1 saturated heterocycles. The van der Waals surface area contributed by atoms with Crippen LogP contribution in [0, 0.1) is 5.92 Å². The zero-order valence-electron chi connectivity index (χ0n) is 16.3. The molecule has 146 valence electrons. The third-order valence-corrected chi connectivity index (χ3v) is 5.14. The Morgan fingerprint density at radius 3 is 2.48 bits per heavy atom. The van der Waals surface area contributed by atoms with Crippen LogP contribution < -0.4 is 5.56 Å². The SMILES string of the molecule is Cn1ccnc1C(O)C1CCN(C(=O)c2cnc(C(C)(C)C)[nH]c2=O)CC1. The van der Waals surface area contributed by atoms with Gasteiger partial charge in [0.2, 0.25) is 0 Å². The molecular formula is C19H27N5O3. The Kier molecular flexibility index (Phi) is 5.19. The number of amides is 1. The van der Waals surface area contributed by atoms with E-state index in [1.807, 2.05) is 32.4 Å². The van der Waals surface area contributed by atoms with Gasteiger partial charge in [-0.1, -0.05) is 20.8 Å². The minimum Gasteiger partial charge on any atom is -0.385 e. The predicted octanol–water partition coefficient (Wildman–Crippen LogP) is 1.39. The number of nitrogens with one attached hydrogen (secondary N) is 1. The molecule has 1 aliphatic heterocycles. The van der Waals surface area contributed by atoms with Gasteiger partial charge in [-0.3, -0.25) is 9.59 Å². The van der Waals surface area contributed by atoms with Gasteiger partial charge in [-0.05, 0) is 18.8 Å². The number of likely N-dealkylation sites (tertiary alicyclic amines) is 1. The standard InChI is InChI=1S/C19H27N5O3/c1-19(2,3)18-21-11-13(16(26)22-18)17(27)24-8-5-12(6-9-24)14(25)15-20-7-10-23(15)4/h7,10-12,14,25H,5-6,8-9H2,1-4H3,(H,21,22,26). The van der Waals surface area contributed by atoms with Gasteiger partial charge in [-0.2, -0.15) is 0 Å². The third-order valence-electron chi connectivity index (χ3n) is 5.14. The lowest BCUT2D eigenvalue weighted by molar-refractivity contribution is 0.0419. The van der Waals surface area contributed by atoms with Crippen molar-refractivity contribution in [3.63, 3.8) is 0 Å². The van der Waals surface area contributed by atoms with Gasteiger partial charge >= 0.3 is 0 Å². The molecule has 1 atom stereocenters. The van der Waals surface area contributed by atoms with Crippen molar-refractivity contribution in [1.29, 1.82) is 0 Å². The molecule has 0 bridgehead atoms. The molecule has 1 unspecified atom stereocenters. The zero-order chi connectivity index (χ0) is 19.8. The first-order valence-corrected chi connectivity index (χ1v) is 9.23. The Balaban J connectivity index is 1.67. The number of aliphatic hydroxyl groups excluding tert-OH is 1. The molecule has 0 aliphatic carbocycles. The summed E-state index contributed by atoms with van der Waals surface area (Å²) in [7, 11) is 1.85. The topological polar surface area (TPSA) is 104 Å². The highest BCUT2D eigenvalue weighted by molar-refractivity contribution is 5.93. The smallest absolute Gasteiger partial charge is 0.263 e. The van der Waals surface area contributed by atoms with Gasteiger partial charge in [0, 0.05) is 44.1 Å². The van der Waals surface area contributed by atoms with Crippen LogP contribution in [0.4, 0.5) is 0 Å². The lowest BCUT2D eigenvalue weighted by atomic mass is 9.90. The van der Waals surface area contributed by atoms with E-state index >= 15 is 0 Å². The highest BCUT2D eigenvalue weighted by Gasteiger charge is 2.31. The van der Waals surface area contributed by atoms with Crippen molar-refractivity contribution in [2.45, 2.75) is 45.1 Å². The van der Waals surface area contributed by atoms with Crippen molar-refractivity contribution < 1.29 is 9.90 Å². The van der Waals surface area contributed by atoms with Crippen LogP contribution in [-0.2, 0) is 12.5 Å². The number of aryl methyl sites for hydroxylation is 1. The van der Waals surface area contributed by atoms with Crippen LogP contribution in [-0.4, -0.2) is 48.5 Å². The van der Waals surface area contributed by atoms with E-state index in [0.717, 1.165) is 0 Å². The second kappa shape index (κ2) is 7.26. The summed E-state index contributed by atoms with van der Waals surface area (Å²) in [5.41, 5.74) is -0.638. The summed E-state index contributed by atoms with van der Waals surface area (Å²) in [5, 5.41) is 10.6. The molecule has 1 fully saturated rings. The fraction of sp³-hybridized carbons (Fsp3) is 0.579. The molecule has 1 aliphatic rings. The van der Waals surface area contributed by atoms with Crippen LogP contribution in [0.25, 0.3) is 0 Å². The maximum Gasteiger partial charge on any atom is 0.263 e. The van der Waals surface area contributed by atoms with Crippen LogP contribution in [0.15, 0.2) is 23.4 Å². The van der Waals surface area contributed by atoms with E-state index in [0.29, 0.717) is 37.6 Å². The molecule has 0 saturated carbocycles. The number of piperidine rings is 1. The van der Waals surface area contributed by atoms with Crippen molar-refractivity contribution in [2.75, 3.05) is 13.1 Å². The van der Waals surface area contributed by atoms with Gasteiger partial charge in [-0.15, -0.1) is 0 Å². The van der Waals surface area contributed by atoms with Crippen molar-refractivity contribution in [3.05, 3.63) is 46.2 Å². The highest BCUT2D eigenvalue weighted by Crippen LogP contribution is 2.30. The summed E-state index contributed by atoms with van der Waals surface area (Å²) in [4.78, 5) is 37.9. The summed E-state index contributed by atoms with van der Waals surface area (Å²) in [6, 6.07) is 0. The summed E-state index contributed by atoms with van der Waals surface area (Å²) in [6.45, 7) is 6.83. The average molecular weight is 373 g/mol. The van der Waals surface area contributed by atoms with Crippen molar-refractivity contribution in [1.82, 2.24) is 24.4 Å². The van der Waals surface area contributed by atoms with Crippen LogP contribution in [0.2, 0.25) is 0 Å². The fourth-order valence-electron chi connectivity index (χ4n) is 3.39. The van der Waals surface area contributed by atoms with Gasteiger partial charge in [0.25, 0.3) is 11.5 Å². The lowest BCUT2D eigenvalue weighted by Gasteiger charge is -2.34. The first-order valence-electron chi connectivity index (χ1n) is 9.23. The van der Waals surface area contributed by atoms with E-state index in [-0.39, 0.29) is 22.8 Å². The zero-order valence-corrected chi connectivity index (χ0v) is 16.3. The van der Waals surface area contributed by atoms with E-state index in [1.54, 1.807) is 17.3 Å². The third kappa shape index (κ3) is 3.95. The molecule has 2 N–H and O–H groups in total. The highest BCUT2D eigenvalue weighted by atomic mass is 16.3. The van der Waals surface area contributed by atoms with Crippen molar-refractivity contribution >= 4 is 5.91 Å². The van der Waals surface area contributed by atoms with E-state index < -0.39 is 11.7 Å². The molecule has 1 amide bonds. The first-order chi connectivity index (χ1) is 12.7. The molecule has 8 nitrogen and oxygen atoms in total. The van der Waals surface area contributed by atoms with Gasteiger partial charge in [0.15, 0.2) is 0 Å². The van der Waals surface area contributed by atoms with E-state index in [4.69, 9.17) is 0 Å². The monoisotopic (exact) mass is 373 g/mol. The number of rotatable bonds is 3. The van der Waals surface area contributed by atoms with Gasteiger partial charge in [0.05, 0.1) is 0 Å². The summed E-state index contributed by atoms with van der Waals surface area (Å²) >= 11 is 0. The molecule has 2 aromatic heterocycles. The Labute approximate surface area is 158 Å². The fourth-order valence-corrected chi connectivity index (χ4v) is 3.39. The number of nitrogens with zero attached hydrogens (tertiary/aromatic N) is 4. The second-order valence-electron chi connectivity index (χ2n) is 8.20. The van der Waals surface area contributed by atoms with Gasteiger partial charge in [-0.25, -0.2) is 9.97 Å². The molecule has 27 heavy (non-hydrogen) atoms. The largest absolute Gasteiger partial charge is 0.385 e. The number of aromatic nitrogens is 4. The molecule has 0 aromatic carbocycles. The summed E-state index contributed by atoms with van der Waals surface area (Å²) in [6.07, 6.45) is 5.50. The van der Waals surface area contributed by atoms with Crippen LogP contribution in [0.3, 0.4) is 0 Å². The minimum absolute atomic E-state index is 0.0369.